The minimum atomic E-state index is -0.231. The quantitative estimate of drug-likeness (QED) is 0.808. The summed E-state index contributed by atoms with van der Waals surface area (Å²) in [6.07, 6.45) is 1.70. The van der Waals surface area contributed by atoms with Gasteiger partial charge in [0, 0.05) is 19.2 Å². The second-order valence-electron chi connectivity index (χ2n) is 4.48. The monoisotopic (exact) mass is 300 g/mol. The lowest BCUT2D eigenvalue weighted by molar-refractivity contribution is 0.109. The van der Waals surface area contributed by atoms with E-state index in [1.807, 2.05) is 6.92 Å². The highest BCUT2D eigenvalue weighted by atomic mass is 79.9. The molecule has 1 aromatic rings. The molecule has 0 radical (unpaired) electrons. The molecule has 1 fully saturated rings. The maximum absolute atomic E-state index is 9.54. The van der Waals surface area contributed by atoms with Crippen molar-refractivity contribution in [1.29, 1.82) is 0 Å². The second-order valence-corrected chi connectivity index (χ2v) is 5.29. The molecule has 2 rings (SSSR count). The zero-order chi connectivity index (χ0) is 12.4. The van der Waals surface area contributed by atoms with E-state index in [-0.39, 0.29) is 6.10 Å². The first-order valence-corrected chi connectivity index (χ1v) is 6.58. The van der Waals surface area contributed by atoms with Crippen molar-refractivity contribution in [3.63, 3.8) is 0 Å². The van der Waals surface area contributed by atoms with Gasteiger partial charge in [0.1, 0.15) is 10.4 Å². The molecule has 1 aromatic heterocycles. The van der Waals surface area contributed by atoms with Gasteiger partial charge in [0.25, 0.3) is 0 Å². The summed E-state index contributed by atoms with van der Waals surface area (Å²) < 4.78 is 0.706. The van der Waals surface area contributed by atoms with E-state index in [1.54, 1.807) is 6.07 Å². The Balaban J connectivity index is 2.05. The van der Waals surface area contributed by atoms with Gasteiger partial charge >= 0.3 is 0 Å². The number of aliphatic hydroxyl groups is 1. The van der Waals surface area contributed by atoms with E-state index >= 15 is 0 Å². The highest BCUT2D eigenvalue weighted by molar-refractivity contribution is 9.10. The van der Waals surface area contributed by atoms with Crippen LogP contribution >= 0.6 is 15.9 Å². The topological polar surface area (TPSA) is 75.3 Å². The van der Waals surface area contributed by atoms with Crippen molar-refractivity contribution in [1.82, 2.24) is 9.97 Å². The molecule has 6 heteroatoms. The summed E-state index contributed by atoms with van der Waals surface area (Å²) in [6.45, 7) is 3.59. The third kappa shape index (κ3) is 3.07. The summed E-state index contributed by atoms with van der Waals surface area (Å²) in [5, 5.41) is 9.54. The summed E-state index contributed by atoms with van der Waals surface area (Å²) in [6, 6.07) is 1.69. The summed E-state index contributed by atoms with van der Waals surface area (Å²) in [7, 11) is 0. The van der Waals surface area contributed by atoms with Crippen molar-refractivity contribution in [3.8, 4) is 0 Å². The van der Waals surface area contributed by atoms with E-state index < -0.39 is 0 Å². The van der Waals surface area contributed by atoms with Crippen molar-refractivity contribution in [3.05, 3.63) is 10.7 Å². The van der Waals surface area contributed by atoms with Gasteiger partial charge in [-0.15, -0.1) is 0 Å². The zero-order valence-electron chi connectivity index (χ0n) is 9.80. The fourth-order valence-corrected chi connectivity index (χ4v) is 2.54. The lowest BCUT2D eigenvalue weighted by Gasteiger charge is -2.33. The normalized spacial score (nSPS) is 19.4. The van der Waals surface area contributed by atoms with E-state index in [0.29, 0.717) is 22.3 Å². The Labute approximate surface area is 109 Å². The Morgan fingerprint density at radius 3 is 2.65 bits per heavy atom. The van der Waals surface area contributed by atoms with Gasteiger partial charge in [0.15, 0.2) is 0 Å². The summed E-state index contributed by atoms with van der Waals surface area (Å²) in [5.74, 6) is 1.52. The molecule has 0 aromatic carbocycles. The molecule has 1 aliphatic rings. The minimum absolute atomic E-state index is 0.231. The van der Waals surface area contributed by atoms with Crippen LogP contribution in [0.4, 0.5) is 11.8 Å². The molecule has 1 atom stereocenters. The van der Waals surface area contributed by atoms with E-state index in [4.69, 9.17) is 5.73 Å². The van der Waals surface area contributed by atoms with Crippen LogP contribution in [-0.2, 0) is 0 Å². The van der Waals surface area contributed by atoms with Gasteiger partial charge in [-0.25, -0.2) is 4.98 Å². The largest absolute Gasteiger partial charge is 0.393 e. The highest BCUT2D eigenvalue weighted by Crippen LogP contribution is 2.24. The van der Waals surface area contributed by atoms with Gasteiger partial charge in [-0.3, -0.25) is 0 Å². The lowest BCUT2D eigenvalue weighted by atomic mass is 9.92. The molecule has 0 saturated carbocycles. The van der Waals surface area contributed by atoms with Crippen LogP contribution in [0, 0.1) is 5.92 Å². The predicted octanol–water partition coefficient (Wildman–Crippen LogP) is 1.42. The Kier molecular flexibility index (Phi) is 3.83. The summed E-state index contributed by atoms with van der Waals surface area (Å²) >= 11 is 3.32. The van der Waals surface area contributed by atoms with E-state index in [2.05, 4.69) is 30.8 Å². The number of nitrogens with two attached hydrogens (primary N) is 1. The van der Waals surface area contributed by atoms with Gasteiger partial charge in [-0.1, -0.05) is 0 Å². The third-order valence-corrected chi connectivity index (χ3v) is 3.61. The standard InChI is InChI=1S/C11H17BrN4O/c1-7(17)8-2-4-16(5-3-8)11-14-9(12)6-10(13)15-11/h6-8,17H,2-5H2,1H3,(H2,13,14,15). The highest BCUT2D eigenvalue weighted by Gasteiger charge is 2.24. The smallest absolute Gasteiger partial charge is 0.228 e. The number of hydrogen-bond donors (Lipinski definition) is 2. The van der Waals surface area contributed by atoms with Crippen LogP contribution in [0.2, 0.25) is 0 Å². The predicted molar refractivity (Wildman–Crippen MR) is 70.8 cm³/mol. The number of piperidine rings is 1. The Hall–Kier alpha value is -0.880. The van der Waals surface area contributed by atoms with Crippen LogP contribution in [0.3, 0.4) is 0 Å². The average Bonchev–Trinajstić information content (AvgIpc) is 2.28. The molecule has 1 unspecified atom stereocenters. The van der Waals surface area contributed by atoms with Crippen LogP contribution < -0.4 is 10.6 Å². The van der Waals surface area contributed by atoms with Gasteiger partial charge in [-0.2, -0.15) is 4.98 Å². The molecule has 1 saturated heterocycles. The number of aliphatic hydroxyl groups excluding tert-OH is 1. The van der Waals surface area contributed by atoms with Gasteiger partial charge < -0.3 is 15.7 Å². The molecular formula is C11H17BrN4O. The maximum Gasteiger partial charge on any atom is 0.228 e. The molecule has 0 aliphatic carbocycles. The molecule has 3 N–H and O–H groups in total. The fraction of sp³-hybridized carbons (Fsp3) is 0.636. The SMILES string of the molecule is CC(O)C1CCN(c2nc(N)cc(Br)n2)CC1. The number of anilines is 2. The van der Waals surface area contributed by atoms with Crippen molar-refractivity contribution >= 4 is 27.7 Å². The zero-order valence-corrected chi connectivity index (χ0v) is 11.4. The van der Waals surface area contributed by atoms with E-state index in [0.717, 1.165) is 25.9 Å². The second kappa shape index (κ2) is 5.18. The van der Waals surface area contributed by atoms with Crippen molar-refractivity contribution in [2.75, 3.05) is 23.7 Å². The molecule has 5 nitrogen and oxygen atoms in total. The van der Waals surface area contributed by atoms with Crippen LogP contribution in [-0.4, -0.2) is 34.3 Å². The Morgan fingerprint density at radius 1 is 1.47 bits per heavy atom. The Bertz CT molecular complexity index is 371. The average molecular weight is 301 g/mol. The van der Waals surface area contributed by atoms with Crippen molar-refractivity contribution in [2.45, 2.75) is 25.9 Å². The third-order valence-electron chi connectivity index (χ3n) is 3.21. The van der Waals surface area contributed by atoms with Gasteiger partial charge in [0.2, 0.25) is 5.95 Å². The van der Waals surface area contributed by atoms with Crippen LogP contribution in [0.15, 0.2) is 10.7 Å². The number of nitrogen functional groups attached to an aromatic ring is 1. The lowest BCUT2D eigenvalue weighted by Crippen LogP contribution is -2.38. The summed E-state index contributed by atoms with van der Waals surface area (Å²) in [5.41, 5.74) is 5.69. The molecular weight excluding hydrogens is 284 g/mol. The van der Waals surface area contributed by atoms with E-state index in [9.17, 15) is 5.11 Å². The molecule has 1 aliphatic heterocycles. The maximum atomic E-state index is 9.54. The van der Waals surface area contributed by atoms with Crippen LogP contribution in [0.5, 0.6) is 0 Å². The van der Waals surface area contributed by atoms with Crippen molar-refractivity contribution in [2.24, 2.45) is 5.92 Å². The van der Waals surface area contributed by atoms with Crippen molar-refractivity contribution < 1.29 is 5.11 Å². The Morgan fingerprint density at radius 2 is 2.12 bits per heavy atom. The number of halogens is 1. The van der Waals surface area contributed by atoms with E-state index in [1.165, 1.54) is 0 Å². The molecule has 0 spiro atoms. The number of nitrogens with zero attached hydrogens (tertiary/aromatic N) is 3. The van der Waals surface area contributed by atoms with Gasteiger partial charge in [0.05, 0.1) is 6.10 Å². The van der Waals surface area contributed by atoms with Gasteiger partial charge in [-0.05, 0) is 41.6 Å². The summed E-state index contributed by atoms with van der Waals surface area (Å²) in [4.78, 5) is 10.7. The minimum Gasteiger partial charge on any atom is -0.393 e. The molecule has 94 valence electrons. The number of hydrogen-bond acceptors (Lipinski definition) is 5. The van der Waals surface area contributed by atoms with Crippen LogP contribution in [0.1, 0.15) is 19.8 Å². The first kappa shape index (κ1) is 12.6. The molecule has 0 amide bonds. The van der Waals surface area contributed by atoms with Crippen LogP contribution in [0.25, 0.3) is 0 Å². The molecule has 2 heterocycles. The first-order valence-electron chi connectivity index (χ1n) is 5.79. The fourth-order valence-electron chi connectivity index (χ4n) is 2.15. The molecule has 0 bridgehead atoms. The first-order chi connectivity index (χ1) is 8.06. The number of rotatable bonds is 2. The molecule has 17 heavy (non-hydrogen) atoms. The number of aromatic nitrogens is 2.